The second-order valence-corrected chi connectivity index (χ2v) is 21.7. The lowest BCUT2D eigenvalue weighted by molar-refractivity contribution is 0.0425. The standard InChI is InChI=1S/C62H61N/c1-38-27-42-31-40(3)61(46(29-38)33-42)57-21-9-7-18-53(57)55-36-49(23-25-59(55)61)63(48-16-11-15-45(35-48)52-20-12-14-44-13-5-6-17-51(44)52)50-24-26-60-56(37-50)54-19-8-10-22-58(54)62(60)41(4)32-43-28-39(2)30-47(62)34-43/h5-26,35-43,46-47H,27-34H2,1-4H3/t38-,39-,40+,41+,42?,43?,46-,47+,61-,62+/m1/s1. The molecule has 13 rings (SSSR count). The molecular formula is C62H61N. The SMILES string of the molecule is C[C@@H]1CC2C[C@H](C1)[C@]1(c3ccccc3-c3cc(N(c4cccc(-c5cccc6ccccc56)c4)c4ccc5c(c4)-c4ccccc4[C@@]54[C@H]5CC(C[C@@H](C)C5)C[C@@H]4C)ccc31)[C@@H](C)C2. The van der Waals surface area contributed by atoms with Crippen LogP contribution < -0.4 is 4.90 Å². The molecule has 7 aromatic rings. The second-order valence-electron chi connectivity index (χ2n) is 21.7. The molecule has 0 aliphatic heterocycles. The summed E-state index contributed by atoms with van der Waals surface area (Å²) >= 11 is 0. The van der Waals surface area contributed by atoms with Crippen LogP contribution in [0.2, 0.25) is 0 Å². The molecule has 2 spiro atoms. The van der Waals surface area contributed by atoms with Crippen molar-refractivity contribution in [1.29, 1.82) is 0 Å². The zero-order valence-electron chi connectivity index (χ0n) is 37.7. The summed E-state index contributed by atoms with van der Waals surface area (Å²) < 4.78 is 0. The Morgan fingerprint density at radius 2 is 0.857 bits per heavy atom. The third-order valence-corrected chi connectivity index (χ3v) is 18.2. The number of benzene rings is 7. The topological polar surface area (TPSA) is 3.24 Å². The van der Waals surface area contributed by atoms with Gasteiger partial charge in [-0.15, -0.1) is 0 Å². The lowest BCUT2D eigenvalue weighted by atomic mass is 9.49. The fourth-order valence-corrected chi connectivity index (χ4v) is 16.4. The highest BCUT2D eigenvalue weighted by Crippen LogP contribution is 2.67. The maximum Gasteiger partial charge on any atom is 0.0468 e. The Labute approximate surface area is 375 Å². The third-order valence-electron chi connectivity index (χ3n) is 18.2. The van der Waals surface area contributed by atoms with Gasteiger partial charge in [0.25, 0.3) is 0 Å². The summed E-state index contributed by atoms with van der Waals surface area (Å²) in [5.41, 5.74) is 18.5. The molecule has 314 valence electrons. The maximum absolute atomic E-state index is 2.60. The van der Waals surface area contributed by atoms with E-state index >= 15 is 0 Å². The average Bonchev–Trinajstić information content (AvgIpc) is 3.76. The van der Waals surface area contributed by atoms with Crippen molar-refractivity contribution in [2.45, 2.75) is 89.9 Å². The first kappa shape index (κ1) is 38.1. The quantitative estimate of drug-likeness (QED) is 0.171. The van der Waals surface area contributed by atoms with Crippen LogP contribution in [0.1, 0.15) is 101 Å². The van der Waals surface area contributed by atoms with Crippen LogP contribution in [0.4, 0.5) is 17.1 Å². The van der Waals surface area contributed by atoms with Gasteiger partial charge in [0.1, 0.15) is 0 Å². The minimum Gasteiger partial charge on any atom is -0.310 e. The van der Waals surface area contributed by atoms with E-state index in [-0.39, 0.29) is 10.8 Å². The van der Waals surface area contributed by atoms with Crippen molar-refractivity contribution in [3.8, 4) is 33.4 Å². The van der Waals surface area contributed by atoms with Crippen molar-refractivity contribution >= 4 is 27.8 Å². The summed E-state index contributed by atoms with van der Waals surface area (Å²) in [7, 11) is 0. The van der Waals surface area contributed by atoms with Gasteiger partial charge in [0.2, 0.25) is 0 Å². The number of fused-ring (bicyclic) bond motifs is 17. The van der Waals surface area contributed by atoms with E-state index in [2.05, 4.69) is 184 Å². The zero-order valence-corrected chi connectivity index (χ0v) is 37.7. The van der Waals surface area contributed by atoms with Crippen LogP contribution in [0.3, 0.4) is 0 Å². The third kappa shape index (κ3) is 5.35. The van der Waals surface area contributed by atoms with Crippen LogP contribution in [-0.2, 0) is 10.8 Å². The van der Waals surface area contributed by atoms with Crippen LogP contribution in [-0.4, -0.2) is 0 Å². The maximum atomic E-state index is 2.60. The van der Waals surface area contributed by atoms with Gasteiger partial charge in [0.15, 0.2) is 0 Å². The molecule has 4 fully saturated rings. The van der Waals surface area contributed by atoms with E-state index in [1.54, 1.807) is 22.3 Å². The normalized spacial score (nSPS) is 30.8. The van der Waals surface area contributed by atoms with Crippen molar-refractivity contribution in [2.24, 2.45) is 47.3 Å². The number of hydrogen-bond acceptors (Lipinski definition) is 1. The molecule has 1 heteroatoms. The highest BCUT2D eigenvalue weighted by atomic mass is 15.1. The van der Waals surface area contributed by atoms with Crippen molar-refractivity contribution in [3.05, 3.63) is 174 Å². The number of hydrogen-bond donors (Lipinski definition) is 0. The molecule has 1 nitrogen and oxygen atoms in total. The highest BCUT2D eigenvalue weighted by Gasteiger charge is 2.58. The summed E-state index contributed by atoms with van der Waals surface area (Å²) in [5, 5.41) is 2.57. The molecule has 10 atom stereocenters. The molecule has 0 aromatic heterocycles. The van der Waals surface area contributed by atoms with Gasteiger partial charge in [-0.05, 0) is 202 Å². The Bertz CT molecular complexity index is 2800. The first-order valence-electron chi connectivity index (χ1n) is 24.7. The van der Waals surface area contributed by atoms with Crippen LogP contribution in [0.5, 0.6) is 0 Å². The van der Waals surface area contributed by atoms with Gasteiger partial charge >= 0.3 is 0 Å². The summed E-state index contributed by atoms with van der Waals surface area (Å²) in [6.45, 7) is 10.2. The molecule has 63 heavy (non-hydrogen) atoms. The molecule has 4 saturated carbocycles. The lowest BCUT2D eigenvalue weighted by Gasteiger charge is -2.54. The first-order chi connectivity index (χ1) is 30.8. The smallest absolute Gasteiger partial charge is 0.0468 e. The molecule has 0 heterocycles. The van der Waals surface area contributed by atoms with Gasteiger partial charge in [0.05, 0.1) is 0 Å². The molecule has 6 aliphatic carbocycles. The van der Waals surface area contributed by atoms with Gasteiger partial charge in [-0.3, -0.25) is 0 Å². The predicted octanol–water partition coefficient (Wildman–Crippen LogP) is 16.7. The molecule has 0 N–H and O–H groups in total. The number of anilines is 3. The zero-order chi connectivity index (χ0) is 42.2. The van der Waals surface area contributed by atoms with Crippen LogP contribution in [0.25, 0.3) is 44.2 Å². The van der Waals surface area contributed by atoms with E-state index in [0.29, 0.717) is 23.7 Å². The van der Waals surface area contributed by atoms with E-state index in [0.717, 1.165) is 23.7 Å². The molecule has 0 amide bonds. The predicted molar refractivity (Wildman–Crippen MR) is 264 cm³/mol. The van der Waals surface area contributed by atoms with E-state index in [9.17, 15) is 0 Å². The molecule has 0 radical (unpaired) electrons. The Balaban J connectivity index is 1.02. The molecule has 6 aliphatic rings. The Kier molecular flexibility index (Phi) is 8.49. The van der Waals surface area contributed by atoms with Gasteiger partial charge in [-0.25, -0.2) is 0 Å². The Hall–Kier alpha value is -5.40. The molecular weight excluding hydrogens is 759 g/mol. The molecule has 0 saturated heterocycles. The minimum atomic E-state index is 0.0761. The van der Waals surface area contributed by atoms with E-state index < -0.39 is 0 Å². The lowest BCUT2D eigenvalue weighted by Crippen LogP contribution is -2.49. The summed E-state index contributed by atoms with van der Waals surface area (Å²) in [4.78, 5) is 2.60. The van der Waals surface area contributed by atoms with E-state index in [4.69, 9.17) is 0 Å². The summed E-state index contributed by atoms with van der Waals surface area (Å²) in [6, 6.07) is 59.4. The largest absolute Gasteiger partial charge is 0.310 e. The van der Waals surface area contributed by atoms with Crippen molar-refractivity contribution in [2.75, 3.05) is 4.90 Å². The Morgan fingerprint density at radius 3 is 1.46 bits per heavy atom. The van der Waals surface area contributed by atoms with Gasteiger partial charge < -0.3 is 4.90 Å². The highest BCUT2D eigenvalue weighted by molar-refractivity contribution is 5.98. The first-order valence-corrected chi connectivity index (χ1v) is 24.7. The second kappa shape index (κ2) is 14.0. The van der Waals surface area contributed by atoms with Crippen LogP contribution in [0.15, 0.2) is 152 Å². The fourth-order valence-electron chi connectivity index (χ4n) is 16.4. The summed E-state index contributed by atoms with van der Waals surface area (Å²) in [5.74, 6) is 5.92. The molecule has 4 bridgehead atoms. The van der Waals surface area contributed by atoms with E-state index in [1.165, 1.54) is 113 Å². The molecule has 2 unspecified atom stereocenters. The van der Waals surface area contributed by atoms with Gasteiger partial charge in [-0.1, -0.05) is 143 Å². The van der Waals surface area contributed by atoms with Crippen molar-refractivity contribution in [3.63, 3.8) is 0 Å². The summed E-state index contributed by atoms with van der Waals surface area (Å²) in [6.07, 6.45) is 10.9. The molecule has 7 aromatic carbocycles. The van der Waals surface area contributed by atoms with Crippen molar-refractivity contribution < 1.29 is 0 Å². The van der Waals surface area contributed by atoms with E-state index in [1.807, 2.05) is 0 Å². The number of nitrogens with zero attached hydrogens (tertiary/aromatic N) is 1. The fraction of sp³-hybridized carbons (Fsp3) is 0.355. The van der Waals surface area contributed by atoms with Gasteiger partial charge in [0, 0.05) is 27.9 Å². The number of rotatable bonds is 4. The average molecular weight is 820 g/mol. The minimum absolute atomic E-state index is 0.0761. The monoisotopic (exact) mass is 819 g/mol. The van der Waals surface area contributed by atoms with Crippen LogP contribution in [0, 0.1) is 47.3 Å². The van der Waals surface area contributed by atoms with Crippen molar-refractivity contribution in [1.82, 2.24) is 0 Å². The van der Waals surface area contributed by atoms with Crippen LogP contribution >= 0.6 is 0 Å². The Morgan fingerprint density at radius 1 is 0.381 bits per heavy atom. The van der Waals surface area contributed by atoms with Gasteiger partial charge in [-0.2, -0.15) is 0 Å².